The topological polar surface area (TPSA) is 76.1 Å². The molecule has 0 fully saturated rings. The van der Waals surface area contributed by atoms with Gasteiger partial charge in [0.2, 0.25) is 5.91 Å². The fourth-order valence-corrected chi connectivity index (χ4v) is 2.22. The summed E-state index contributed by atoms with van der Waals surface area (Å²) in [5.41, 5.74) is 0.783. The van der Waals surface area contributed by atoms with E-state index in [1.807, 2.05) is 32.0 Å². The van der Waals surface area contributed by atoms with Crippen LogP contribution in [0, 0.1) is 5.92 Å². The molecule has 1 N–H and O–H groups in total. The monoisotopic (exact) mass is 284 g/mol. The maximum Gasteiger partial charge on any atom is 0.221 e. The van der Waals surface area contributed by atoms with Crippen molar-refractivity contribution < 1.29 is 13.2 Å². The van der Waals surface area contributed by atoms with E-state index in [1.165, 1.54) is 0 Å². The van der Waals surface area contributed by atoms with Crippen molar-refractivity contribution in [2.45, 2.75) is 26.3 Å². The molecule has 0 saturated heterocycles. The first-order valence-electron chi connectivity index (χ1n) is 6.17. The Morgan fingerprint density at radius 1 is 1.37 bits per heavy atom. The molecule has 1 atom stereocenters. The number of amides is 1. The highest BCUT2D eigenvalue weighted by Gasteiger charge is 2.19. The quantitative estimate of drug-likeness (QED) is 0.855. The number of hydrogen-bond acceptors (Lipinski definition) is 4. The predicted molar refractivity (Wildman–Crippen MR) is 74.3 cm³/mol. The molecule has 1 unspecified atom stereocenters. The maximum absolute atomic E-state index is 11.8. The second-order valence-electron chi connectivity index (χ2n) is 4.92. The highest BCUT2D eigenvalue weighted by Crippen LogP contribution is 2.19. The lowest BCUT2D eigenvalue weighted by Crippen LogP contribution is -2.33. The van der Waals surface area contributed by atoms with E-state index in [2.05, 4.69) is 10.3 Å². The predicted octanol–water partition coefficient (Wildman–Crippen LogP) is 1.33. The molecular formula is C13H20N2O3S. The van der Waals surface area contributed by atoms with E-state index in [4.69, 9.17) is 0 Å². The van der Waals surface area contributed by atoms with Gasteiger partial charge < -0.3 is 5.32 Å². The number of nitrogens with zero attached hydrogens (tertiary/aromatic N) is 1. The highest BCUT2D eigenvalue weighted by atomic mass is 32.2. The Bertz CT molecular complexity index is 512. The van der Waals surface area contributed by atoms with Crippen molar-refractivity contribution in [2.24, 2.45) is 5.92 Å². The van der Waals surface area contributed by atoms with Crippen molar-refractivity contribution in [3.63, 3.8) is 0 Å². The Hall–Kier alpha value is -1.43. The number of hydrogen-bond donors (Lipinski definition) is 1. The van der Waals surface area contributed by atoms with Gasteiger partial charge in [-0.1, -0.05) is 19.9 Å². The van der Waals surface area contributed by atoms with Crippen molar-refractivity contribution in [2.75, 3.05) is 12.0 Å². The lowest BCUT2D eigenvalue weighted by Gasteiger charge is -2.21. The van der Waals surface area contributed by atoms with Crippen molar-refractivity contribution in [3.05, 3.63) is 30.1 Å². The summed E-state index contributed by atoms with van der Waals surface area (Å²) in [5, 5.41) is 2.84. The molecule has 0 saturated carbocycles. The first kappa shape index (κ1) is 15.6. The van der Waals surface area contributed by atoms with Crippen LogP contribution in [0.2, 0.25) is 0 Å². The minimum absolute atomic E-state index is 0.0190. The Kier molecular flexibility index (Phi) is 5.47. The van der Waals surface area contributed by atoms with Gasteiger partial charge in [-0.25, -0.2) is 8.42 Å². The third-order valence-electron chi connectivity index (χ3n) is 2.69. The Morgan fingerprint density at radius 3 is 2.53 bits per heavy atom. The third-order valence-corrected chi connectivity index (χ3v) is 3.64. The van der Waals surface area contributed by atoms with Crippen LogP contribution in [-0.4, -0.2) is 31.3 Å². The number of aromatic nitrogens is 1. The number of pyridine rings is 1. The van der Waals surface area contributed by atoms with Gasteiger partial charge in [0.25, 0.3) is 0 Å². The minimum atomic E-state index is -3.12. The molecule has 1 amide bonds. The molecule has 1 heterocycles. The van der Waals surface area contributed by atoms with E-state index >= 15 is 0 Å². The molecule has 0 radical (unpaired) electrons. The van der Waals surface area contributed by atoms with Gasteiger partial charge in [0.1, 0.15) is 9.84 Å². The van der Waals surface area contributed by atoms with Gasteiger partial charge in [0, 0.05) is 18.9 Å². The molecule has 0 aliphatic heterocycles. The molecule has 106 valence electrons. The van der Waals surface area contributed by atoms with Crippen LogP contribution in [0.15, 0.2) is 24.4 Å². The van der Waals surface area contributed by atoms with Gasteiger partial charge in [-0.05, 0) is 18.1 Å². The van der Waals surface area contributed by atoms with Crippen molar-refractivity contribution in [1.82, 2.24) is 10.3 Å². The molecule has 0 bridgehead atoms. The van der Waals surface area contributed by atoms with Gasteiger partial charge in [-0.15, -0.1) is 0 Å². The van der Waals surface area contributed by atoms with Crippen LogP contribution in [0.5, 0.6) is 0 Å². The first-order valence-corrected chi connectivity index (χ1v) is 8.23. The third kappa shape index (κ3) is 5.83. The van der Waals surface area contributed by atoms with E-state index < -0.39 is 9.84 Å². The summed E-state index contributed by atoms with van der Waals surface area (Å²) >= 11 is 0. The van der Waals surface area contributed by atoms with Gasteiger partial charge in [0.05, 0.1) is 17.5 Å². The van der Waals surface area contributed by atoms with E-state index in [9.17, 15) is 13.2 Å². The SMILES string of the molecule is CC(C)C(NC(=O)CCS(C)(=O)=O)c1ccccn1. The molecule has 0 aliphatic rings. The molecule has 19 heavy (non-hydrogen) atoms. The Morgan fingerprint density at radius 2 is 2.05 bits per heavy atom. The van der Waals surface area contributed by atoms with Crippen LogP contribution in [0.4, 0.5) is 0 Å². The number of rotatable bonds is 6. The summed E-state index contributed by atoms with van der Waals surface area (Å²) in [6, 6.07) is 5.32. The number of carbonyl (C=O) groups excluding carboxylic acids is 1. The summed E-state index contributed by atoms with van der Waals surface area (Å²) in [6.07, 6.45) is 2.78. The largest absolute Gasteiger partial charge is 0.347 e. The zero-order chi connectivity index (χ0) is 14.5. The van der Waals surface area contributed by atoms with E-state index in [1.54, 1.807) is 6.20 Å². The maximum atomic E-state index is 11.8. The van der Waals surface area contributed by atoms with Gasteiger partial charge in [-0.2, -0.15) is 0 Å². The van der Waals surface area contributed by atoms with Crippen LogP contribution < -0.4 is 5.32 Å². The average molecular weight is 284 g/mol. The first-order chi connectivity index (χ1) is 8.79. The molecule has 6 heteroatoms. The van der Waals surface area contributed by atoms with E-state index in [-0.39, 0.29) is 30.0 Å². The second-order valence-corrected chi connectivity index (χ2v) is 7.18. The number of nitrogens with one attached hydrogen (secondary N) is 1. The van der Waals surface area contributed by atoms with Crippen LogP contribution in [-0.2, 0) is 14.6 Å². The molecule has 0 spiro atoms. The minimum Gasteiger partial charge on any atom is -0.347 e. The smallest absolute Gasteiger partial charge is 0.221 e. The fourth-order valence-electron chi connectivity index (χ4n) is 1.67. The van der Waals surface area contributed by atoms with Crippen LogP contribution in [0.1, 0.15) is 32.0 Å². The van der Waals surface area contributed by atoms with Crippen LogP contribution in [0.25, 0.3) is 0 Å². The van der Waals surface area contributed by atoms with Crippen molar-refractivity contribution >= 4 is 15.7 Å². The lowest BCUT2D eigenvalue weighted by molar-refractivity contribution is -0.121. The van der Waals surface area contributed by atoms with Crippen LogP contribution >= 0.6 is 0 Å². The molecule has 1 aromatic heterocycles. The Balaban J connectivity index is 2.68. The highest BCUT2D eigenvalue weighted by molar-refractivity contribution is 7.90. The lowest BCUT2D eigenvalue weighted by atomic mass is 10.0. The standard InChI is InChI=1S/C13H20N2O3S/c1-10(2)13(11-6-4-5-8-14-11)15-12(16)7-9-19(3,17)18/h4-6,8,10,13H,7,9H2,1-3H3,(H,15,16). The van der Waals surface area contributed by atoms with Crippen molar-refractivity contribution in [1.29, 1.82) is 0 Å². The molecule has 5 nitrogen and oxygen atoms in total. The summed E-state index contributed by atoms with van der Waals surface area (Å²) in [4.78, 5) is 16.0. The fraction of sp³-hybridized carbons (Fsp3) is 0.538. The summed E-state index contributed by atoms with van der Waals surface area (Å²) in [7, 11) is -3.12. The van der Waals surface area contributed by atoms with Gasteiger partial charge >= 0.3 is 0 Å². The summed E-state index contributed by atoms with van der Waals surface area (Å²) in [5.74, 6) is -0.224. The summed E-state index contributed by atoms with van der Waals surface area (Å²) in [6.45, 7) is 3.96. The molecule has 1 aromatic rings. The van der Waals surface area contributed by atoms with Crippen LogP contribution in [0.3, 0.4) is 0 Å². The van der Waals surface area contributed by atoms with Gasteiger partial charge in [-0.3, -0.25) is 9.78 Å². The summed E-state index contributed by atoms with van der Waals surface area (Å²) < 4.78 is 22.1. The zero-order valence-electron chi connectivity index (χ0n) is 11.5. The second kappa shape index (κ2) is 6.65. The van der Waals surface area contributed by atoms with E-state index in [0.29, 0.717) is 0 Å². The number of carbonyl (C=O) groups is 1. The normalized spacial score (nSPS) is 13.3. The molecule has 0 aliphatic carbocycles. The number of sulfone groups is 1. The Labute approximate surface area is 114 Å². The molecule has 0 aromatic carbocycles. The molecule has 1 rings (SSSR count). The average Bonchev–Trinajstić information content (AvgIpc) is 2.33. The van der Waals surface area contributed by atoms with Crippen molar-refractivity contribution in [3.8, 4) is 0 Å². The molecular weight excluding hydrogens is 264 g/mol. The van der Waals surface area contributed by atoms with Gasteiger partial charge in [0.15, 0.2) is 0 Å². The zero-order valence-corrected chi connectivity index (χ0v) is 12.3. The van der Waals surface area contributed by atoms with E-state index in [0.717, 1.165) is 11.9 Å².